The van der Waals surface area contributed by atoms with Crippen LogP contribution in [0, 0.1) is 13.8 Å². The summed E-state index contributed by atoms with van der Waals surface area (Å²) in [7, 11) is 0. The second kappa shape index (κ2) is 8.03. The molecule has 3 nitrogen and oxygen atoms in total. The topological polar surface area (TPSA) is 38.3 Å². The molecule has 0 heterocycles. The Bertz CT molecular complexity index is 627. The third-order valence-electron chi connectivity index (χ3n) is 3.40. The van der Waals surface area contributed by atoms with Gasteiger partial charge in [-0.05, 0) is 36.1 Å². The molecule has 0 bridgehead atoms. The number of carbonyl (C=O) groups is 1. The van der Waals surface area contributed by atoms with Gasteiger partial charge in [0, 0.05) is 6.54 Å². The van der Waals surface area contributed by atoms with Crippen LogP contribution in [0.25, 0.3) is 6.08 Å². The number of nitrogens with one attached hydrogen (secondary N) is 1. The van der Waals surface area contributed by atoms with E-state index in [4.69, 9.17) is 4.74 Å². The molecule has 0 aliphatic rings. The number of ether oxygens (including phenoxy) is 1. The normalized spacial score (nSPS) is 10.6. The number of hydrogen-bond donors (Lipinski definition) is 1. The van der Waals surface area contributed by atoms with Crippen molar-refractivity contribution < 1.29 is 9.53 Å². The maximum atomic E-state index is 11.6. The van der Waals surface area contributed by atoms with Gasteiger partial charge in [0.1, 0.15) is 6.61 Å². The van der Waals surface area contributed by atoms with Crippen molar-refractivity contribution in [1.82, 2.24) is 5.32 Å². The summed E-state index contributed by atoms with van der Waals surface area (Å²) in [6.07, 6.45) is 3.55. The van der Waals surface area contributed by atoms with Gasteiger partial charge in [-0.15, -0.1) is 0 Å². The molecule has 0 fully saturated rings. The Labute approximate surface area is 131 Å². The highest BCUT2D eigenvalue weighted by Gasteiger charge is 2.01. The number of hydrogen-bond acceptors (Lipinski definition) is 2. The molecule has 22 heavy (non-hydrogen) atoms. The van der Waals surface area contributed by atoms with Gasteiger partial charge >= 0.3 is 6.09 Å². The molecule has 2 rings (SSSR count). The van der Waals surface area contributed by atoms with E-state index in [2.05, 4.69) is 31.3 Å². The van der Waals surface area contributed by atoms with E-state index in [9.17, 15) is 4.79 Å². The van der Waals surface area contributed by atoms with Gasteiger partial charge in [-0.3, -0.25) is 0 Å². The van der Waals surface area contributed by atoms with Crippen molar-refractivity contribution in [3.05, 3.63) is 76.9 Å². The SMILES string of the molecule is Cc1cccc(C)c1C=CCNC(=O)OCc1ccccc1. The first kappa shape index (κ1) is 15.8. The lowest BCUT2D eigenvalue weighted by Crippen LogP contribution is -2.24. The lowest BCUT2D eigenvalue weighted by atomic mass is 10.0. The Morgan fingerprint density at radius 2 is 1.73 bits per heavy atom. The number of benzene rings is 2. The van der Waals surface area contributed by atoms with E-state index in [-0.39, 0.29) is 6.61 Å². The van der Waals surface area contributed by atoms with Gasteiger partial charge in [-0.1, -0.05) is 60.7 Å². The Morgan fingerprint density at radius 1 is 1.05 bits per heavy atom. The van der Waals surface area contributed by atoms with Gasteiger partial charge in [0.05, 0.1) is 0 Å². The predicted molar refractivity (Wildman–Crippen MR) is 89.6 cm³/mol. The molecule has 2 aromatic rings. The first-order valence-corrected chi connectivity index (χ1v) is 7.34. The van der Waals surface area contributed by atoms with Crippen molar-refractivity contribution in [3.63, 3.8) is 0 Å². The molecule has 0 aliphatic carbocycles. The largest absolute Gasteiger partial charge is 0.445 e. The smallest absolute Gasteiger partial charge is 0.407 e. The lowest BCUT2D eigenvalue weighted by molar-refractivity contribution is 0.141. The van der Waals surface area contributed by atoms with Crippen molar-refractivity contribution in [2.24, 2.45) is 0 Å². The van der Waals surface area contributed by atoms with Crippen LogP contribution in [0.15, 0.2) is 54.6 Å². The molecule has 1 N–H and O–H groups in total. The van der Waals surface area contributed by atoms with Crippen LogP contribution in [-0.2, 0) is 11.3 Å². The molecule has 0 saturated heterocycles. The van der Waals surface area contributed by atoms with Crippen molar-refractivity contribution in [2.75, 3.05) is 6.54 Å². The number of rotatable bonds is 5. The number of amides is 1. The molecule has 3 heteroatoms. The van der Waals surface area contributed by atoms with E-state index in [1.807, 2.05) is 48.6 Å². The summed E-state index contributed by atoms with van der Waals surface area (Å²) in [5.41, 5.74) is 4.62. The van der Waals surface area contributed by atoms with Crippen LogP contribution >= 0.6 is 0 Å². The zero-order chi connectivity index (χ0) is 15.8. The third kappa shape index (κ3) is 4.77. The van der Waals surface area contributed by atoms with E-state index in [0.717, 1.165) is 5.56 Å². The maximum Gasteiger partial charge on any atom is 0.407 e. The minimum Gasteiger partial charge on any atom is -0.445 e. The first-order valence-electron chi connectivity index (χ1n) is 7.34. The van der Waals surface area contributed by atoms with Crippen LogP contribution in [0.3, 0.4) is 0 Å². The minimum absolute atomic E-state index is 0.285. The van der Waals surface area contributed by atoms with E-state index >= 15 is 0 Å². The van der Waals surface area contributed by atoms with E-state index in [0.29, 0.717) is 6.54 Å². The fourth-order valence-corrected chi connectivity index (χ4v) is 2.18. The van der Waals surface area contributed by atoms with Gasteiger partial charge in [0.25, 0.3) is 0 Å². The van der Waals surface area contributed by atoms with E-state index < -0.39 is 6.09 Å². The highest BCUT2D eigenvalue weighted by molar-refractivity contribution is 5.67. The summed E-state index contributed by atoms with van der Waals surface area (Å²) in [4.78, 5) is 11.6. The molecule has 0 saturated carbocycles. The van der Waals surface area contributed by atoms with Crippen LogP contribution in [0.4, 0.5) is 4.79 Å². The third-order valence-corrected chi connectivity index (χ3v) is 3.40. The molecular formula is C19H21NO2. The number of aryl methyl sites for hydroxylation is 2. The molecule has 0 aliphatic heterocycles. The Kier molecular flexibility index (Phi) is 5.78. The average molecular weight is 295 g/mol. The zero-order valence-electron chi connectivity index (χ0n) is 13.0. The second-order valence-corrected chi connectivity index (χ2v) is 5.15. The summed E-state index contributed by atoms with van der Waals surface area (Å²) >= 11 is 0. The first-order chi connectivity index (χ1) is 10.7. The van der Waals surface area contributed by atoms with Crippen molar-refractivity contribution in [3.8, 4) is 0 Å². The maximum absolute atomic E-state index is 11.6. The van der Waals surface area contributed by atoms with Gasteiger partial charge in [0.2, 0.25) is 0 Å². The molecule has 1 amide bonds. The Hall–Kier alpha value is -2.55. The Balaban J connectivity index is 1.76. The van der Waals surface area contributed by atoms with Crippen LogP contribution < -0.4 is 5.32 Å². The Morgan fingerprint density at radius 3 is 2.41 bits per heavy atom. The molecular weight excluding hydrogens is 274 g/mol. The van der Waals surface area contributed by atoms with Gasteiger partial charge in [0.15, 0.2) is 0 Å². The quantitative estimate of drug-likeness (QED) is 0.896. The monoisotopic (exact) mass is 295 g/mol. The summed E-state index contributed by atoms with van der Waals surface area (Å²) in [6.45, 7) is 4.89. The molecule has 0 aromatic heterocycles. The average Bonchev–Trinajstić information content (AvgIpc) is 2.53. The molecule has 0 spiro atoms. The van der Waals surface area contributed by atoms with E-state index in [1.54, 1.807) is 0 Å². The second-order valence-electron chi connectivity index (χ2n) is 5.15. The standard InChI is InChI=1S/C19H21NO2/c1-15-8-6-9-16(2)18(15)12-7-13-20-19(21)22-14-17-10-4-3-5-11-17/h3-12H,13-14H2,1-2H3,(H,20,21). The predicted octanol–water partition coefficient (Wildman–Crippen LogP) is 4.24. The summed E-state index contributed by atoms with van der Waals surface area (Å²) < 4.78 is 5.14. The van der Waals surface area contributed by atoms with Crippen molar-refractivity contribution >= 4 is 12.2 Å². The van der Waals surface area contributed by atoms with Gasteiger partial charge < -0.3 is 10.1 Å². The van der Waals surface area contributed by atoms with Crippen LogP contribution in [0.2, 0.25) is 0 Å². The summed E-state index contributed by atoms with van der Waals surface area (Å²) in [5, 5.41) is 2.71. The van der Waals surface area contributed by atoms with Crippen molar-refractivity contribution in [2.45, 2.75) is 20.5 Å². The number of carbonyl (C=O) groups excluding carboxylic acids is 1. The van der Waals surface area contributed by atoms with E-state index in [1.165, 1.54) is 16.7 Å². The summed E-state index contributed by atoms with van der Waals surface area (Å²) in [6, 6.07) is 15.8. The van der Waals surface area contributed by atoms with Crippen LogP contribution in [0.5, 0.6) is 0 Å². The molecule has 2 aromatic carbocycles. The fourth-order valence-electron chi connectivity index (χ4n) is 2.18. The molecule has 0 unspecified atom stereocenters. The summed E-state index contributed by atoms with van der Waals surface area (Å²) in [5.74, 6) is 0. The highest BCUT2D eigenvalue weighted by Crippen LogP contribution is 2.14. The highest BCUT2D eigenvalue weighted by atomic mass is 16.5. The molecule has 0 atom stereocenters. The minimum atomic E-state index is -0.407. The molecule has 114 valence electrons. The zero-order valence-corrected chi connectivity index (χ0v) is 13.0. The lowest BCUT2D eigenvalue weighted by Gasteiger charge is -2.06. The number of alkyl carbamates (subject to hydrolysis) is 1. The fraction of sp³-hybridized carbons (Fsp3) is 0.211. The van der Waals surface area contributed by atoms with Gasteiger partial charge in [-0.25, -0.2) is 4.79 Å². The van der Waals surface area contributed by atoms with Crippen LogP contribution in [-0.4, -0.2) is 12.6 Å². The van der Waals surface area contributed by atoms with Gasteiger partial charge in [-0.2, -0.15) is 0 Å². The molecule has 0 radical (unpaired) electrons. The van der Waals surface area contributed by atoms with Crippen LogP contribution in [0.1, 0.15) is 22.3 Å². The van der Waals surface area contributed by atoms with Crippen molar-refractivity contribution in [1.29, 1.82) is 0 Å².